The third-order valence-corrected chi connectivity index (χ3v) is 7.21. The first kappa shape index (κ1) is 18.2. The maximum atomic E-state index is 6.77. The van der Waals surface area contributed by atoms with E-state index in [4.69, 9.17) is 16.0 Å². The number of hydrogen-bond donors (Lipinski definition) is 1. The highest BCUT2D eigenvalue weighted by Crippen LogP contribution is 2.43. The van der Waals surface area contributed by atoms with Crippen LogP contribution in [-0.2, 0) is 0 Å². The van der Waals surface area contributed by atoms with E-state index >= 15 is 0 Å². The van der Waals surface area contributed by atoms with Crippen molar-refractivity contribution in [3.05, 3.63) is 102 Å². The number of para-hydroxylation sites is 2. The van der Waals surface area contributed by atoms with E-state index in [0.717, 1.165) is 65.4 Å². The van der Waals surface area contributed by atoms with Crippen molar-refractivity contribution in [1.82, 2.24) is 9.55 Å². The lowest BCUT2D eigenvalue weighted by atomic mass is 10.1. The molecule has 8 aromatic rings. The molecule has 0 spiro atoms. The van der Waals surface area contributed by atoms with E-state index in [-0.39, 0.29) is 0 Å². The summed E-state index contributed by atoms with van der Waals surface area (Å²) >= 11 is 6.36. The molecule has 0 aliphatic heterocycles. The number of fused-ring (bicyclic) bond motifs is 11. The molecule has 34 heavy (non-hydrogen) atoms. The van der Waals surface area contributed by atoms with Gasteiger partial charge in [0.1, 0.15) is 11.2 Å². The standard InChI is InChI=1S/C30H17ClN2O/c31-17-10-13-23-22(16-17)27-24(32-23)14-11-19-20-12-15-26-28(30(20)34-29(19)27)21-8-4-5-9-25(21)33(26)18-6-2-1-3-7-18/h1-16,32H. The average Bonchev–Trinajstić information content (AvgIpc) is 3.53. The molecule has 0 amide bonds. The molecule has 5 aromatic carbocycles. The van der Waals surface area contributed by atoms with Gasteiger partial charge in [0, 0.05) is 37.8 Å². The summed E-state index contributed by atoms with van der Waals surface area (Å²) < 4.78 is 9.08. The highest BCUT2D eigenvalue weighted by atomic mass is 35.5. The molecule has 3 heterocycles. The van der Waals surface area contributed by atoms with Gasteiger partial charge in [0.25, 0.3) is 0 Å². The molecule has 0 bridgehead atoms. The van der Waals surface area contributed by atoms with Gasteiger partial charge in [-0.3, -0.25) is 0 Å². The second kappa shape index (κ2) is 6.43. The van der Waals surface area contributed by atoms with Crippen LogP contribution in [0.15, 0.2) is 101 Å². The molecular formula is C30H17ClN2O. The number of nitrogens with one attached hydrogen (secondary N) is 1. The van der Waals surface area contributed by atoms with E-state index < -0.39 is 0 Å². The maximum absolute atomic E-state index is 6.77. The minimum Gasteiger partial charge on any atom is -0.455 e. The first-order chi connectivity index (χ1) is 16.8. The predicted octanol–water partition coefficient (Wildman–Crippen LogP) is 8.97. The topological polar surface area (TPSA) is 33.9 Å². The van der Waals surface area contributed by atoms with E-state index in [1.807, 2.05) is 24.3 Å². The number of rotatable bonds is 1. The Morgan fingerprint density at radius 2 is 1.32 bits per heavy atom. The maximum Gasteiger partial charge on any atom is 0.145 e. The third kappa shape index (κ3) is 2.27. The van der Waals surface area contributed by atoms with Crippen molar-refractivity contribution in [2.24, 2.45) is 0 Å². The van der Waals surface area contributed by atoms with Crippen molar-refractivity contribution >= 4 is 77.2 Å². The lowest BCUT2D eigenvalue weighted by Crippen LogP contribution is -1.92. The van der Waals surface area contributed by atoms with E-state index in [1.165, 1.54) is 10.9 Å². The van der Waals surface area contributed by atoms with Gasteiger partial charge in [0.15, 0.2) is 0 Å². The van der Waals surface area contributed by atoms with Gasteiger partial charge in [-0.05, 0) is 60.7 Å². The molecule has 3 aromatic heterocycles. The predicted molar refractivity (Wildman–Crippen MR) is 142 cm³/mol. The van der Waals surface area contributed by atoms with Crippen LogP contribution in [0.1, 0.15) is 0 Å². The normalized spacial score (nSPS) is 12.3. The van der Waals surface area contributed by atoms with Gasteiger partial charge in [-0.15, -0.1) is 0 Å². The minimum absolute atomic E-state index is 0.717. The van der Waals surface area contributed by atoms with Crippen LogP contribution in [0, 0.1) is 0 Å². The van der Waals surface area contributed by atoms with Crippen molar-refractivity contribution in [3.8, 4) is 5.69 Å². The Hall–Kier alpha value is -4.21. The molecule has 160 valence electrons. The van der Waals surface area contributed by atoms with Crippen molar-refractivity contribution in [2.75, 3.05) is 0 Å². The Morgan fingerprint density at radius 3 is 2.21 bits per heavy atom. The minimum atomic E-state index is 0.717. The van der Waals surface area contributed by atoms with Crippen molar-refractivity contribution < 1.29 is 4.42 Å². The number of aromatic nitrogens is 2. The van der Waals surface area contributed by atoms with Gasteiger partial charge in [-0.2, -0.15) is 0 Å². The second-order valence-corrected chi connectivity index (χ2v) is 9.24. The Bertz CT molecular complexity index is 2080. The van der Waals surface area contributed by atoms with E-state index in [9.17, 15) is 0 Å². The van der Waals surface area contributed by atoms with Gasteiger partial charge in [0.2, 0.25) is 0 Å². The zero-order chi connectivity index (χ0) is 22.4. The Balaban J connectivity index is 1.59. The van der Waals surface area contributed by atoms with Gasteiger partial charge < -0.3 is 14.0 Å². The smallest absolute Gasteiger partial charge is 0.145 e. The lowest BCUT2D eigenvalue weighted by molar-refractivity contribution is 0.677. The molecule has 0 radical (unpaired) electrons. The number of benzene rings is 5. The molecule has 1 N–H and O–H groups in total. The van der Waals surface area contributed by atoms with Crippen LogP contribution in [-0.4, -0.2) is 9.55 Å². The summed E-state index contributed by atoms with van der Waals surface area (Å²) in [5, 5.41) is 7.43. The third-order valence-electron chi connectivity index (χ3n) is 6.98. The summed E-state index contributed by atoms with van der Waals surface area (Å²) in [6.07, 6.45) is 0. The van der Waals surface area contributed by atoms with E-state index in [1.54, 1.807) is 0 Å². The number of halogens is 1. The lowest BCUT2D eigenvalue weighted by Gasteiger charge is -2.07. The molecular weight excluding hydrogens is 440 g/mol. The first-order valence-electron chi connectivity index (χ1n) is 11.3. The van der Waals surface area contributed by atoms with Gasteiger partial charge in [-0.1, -0.05) is 48.0 Å². The molecule has 3 nitrogen and oxygen atoms in total. The quantitative estimate of drug-likeness (QED) is 0.262. The molecule has 8 rings (SSSR count). The molecule has 0 aliphatic carbocycles. The van der Waals surface area contributed by atoms with Crippen molar-refractivity contribution in [3.63, 3.8) is 0 Å². The zero-order valence-corrected chi connectivity index (χ0v) is 18.7. The fourth-order valence-corrected chi connectivity index (χ4v) is 5.73. The summed E-state index contributed by atoms with van der Waals surface area (Å²) in [4.78, 5) is 3.51. The molecule has 4 heteroatoms. The van der Waals surface area contributed by atoms with E-state index in [0.29, 0.717) is 0 Å². The monoisotopic (exact) mass is 456 g/mol. The van der Waals surface area contributed by atoms with Crippen LogP contribution in [0.2, 0.25) is 5.02 Å². The largest absolute Gasteiger partial charge is 0.455 e. The summed E-state index contributed by atoms with van der Waals surface area (Å²) in [7, 11) is 0. The number of furan rings is 1. The van der Waals surface area contributed by atoms with Crippen LogP contribution in [0.3, 0.4) is 0 Å². The average molecular weight is 457 g/mol. The zero-order valence-electron chi connectivity index (χ0n) is 18.0. The first-order valence-corrected chi connectivity index (χ1v) is 11.7. The second-order valence-electron chi connectivity index (χ2n) is 8.81. The summed E-state index contributed by atoms with van der Waals surface area (Å²) in [5.41, 5.74) is 7.35. The van der Waals surface area contributed by atoms with Crippen LogP contribution in [0.25, 0.3) is 71.2 Å². The highest BCUT2D eigenvalue weighted by molar-refractivity contribution is 6.33. The van der Waals surface area contributed by atoms with Crippen LogP contribution in [0.5, 0.6) is 0 Å². The molecule has 0 aliphatic rings. The molecule has 0 unspecified atom stereocenters. The van der Waals surface area contributed by atoms with Gasteiger partial charge >= 0.3 is 0 Å². The van der Waals surface area contributed by atoms with Crippen molar-refractivity contribution in [1.29, 1.82) is 0 Å². The fraction of sp³-hybridized carbons (Fsp3) is 0. The van der Waals surface area contributed by atoms with Crippen molar-refractivity contribution in [2.45, 2.75) is 0 Å². The molecule has 0 fully saturated rings. The number of aromatic amines is 1. The summed E-state index contributed by atoms with van der Waals surface area (Å²) in [6.45, 7) is 0. The highest BCUT2D eigenvalue weighted by Gasteiger charge is 2.20. The molecule has 0 saturated carbocycles. The van der Waals surface area contributed by atoms with E-state index in [2.05, 4.69) is 82.3 Å². The molecule has 0 atom stereocenters. The van der Waals surface area contributed by atoms with Gasteiger partial charge in [-0.25, -0.2) is 0 Å². The Labute approximate surface area is 198 Å². The molecule has 0 saturated heterocycles. The SMILES string of the molecule is Clc1ccc2[nH]c3ccc4c5ccc6c(c7ccccc7n6-c6ccccc6)c5oc4c3c2c1. The van der Waals surface area contributed by atoms with Crippen LogP contribution < -0.4 is 0 Å². The Kier molecular flexibility index (Phi) is 3.45. The summed E-state index contributed by atoms with van der Waals surface area (Å²) in [5.74, 6) is 0. The number of nitrogens with zero attached hydrogens (tertiary/aromatic N) is 1. The van der Waals surface area contributed by atoms with Gasteiger partial charge in [0.05, 0.1) is 27.3 Å². The Morgan fingerprint density at radius 1 is 0.588 bits per heavy atom. The number of hydrogen-bond acceptors (Lipinski definition) is 1. The van der Waals surface area contributed by atoms with Crippen LogP contribution >= 0.6 is 11.6 Å². The van der Waals surface area contributed by atoms with Crippen LogP contribution in [0.4, 0.5) is 0 Å². The summed E-state index contributed by atoms with van der Waals surface area (Å²) in [6, 6.07) is 33.7. The fourth-order valence-electron chi connectivity index (χ4n) is 5.55. The number of H-pyrrole nitrogens is 1.